The number of alkyl halides is 3. The van der Waals surface area contributed by atoms with Crippen LogP contribution in [0.25, 0.3) is 11.0 Å². The van der Waals surface area contributed by atoms with Crippen LogP contribution in [0.1, 0.15) is 13.3 Å². The molecule has 0 atom stereocenters. The molecule has 1 amide bonds. The van der Waals surface area contributed by atoms with E-state index in [0.29, 0.717) is 6.54 Å². The van der Waals surface area contributed by atoms with Gasteiger partial charge in [-0.1, -0.05) is 24.3 Å². The Balaban J connectivity index is 1.71. The number of hydrogen-bond acceptors (Lipinski definition) is 3. The maximum Gasteiger partial charge on any atom is 0.405 e. The molecule has 3 aromatic rings. The Labute approximate surface area is 164 Å². The number of anilines is 2. The standard InChI is InChI=1S/C20H21F3N4O2/c1-2-26-16-9-5-6-10-17(16)27(19(26)29)12-11-18(28)25-15-8-4-3-7-14(15)24-13-20(21,22)23/h3-10,24H,2,11-13H2,1H3,(H,25,28). The summed E-state index contributed by atoms with van der Waals surface area (Å²) in [4.78, 5) is 25.0. The number of hydrogen-bond donors (Lipinski definition) is 2. The average molecular weight is 406 g/mol. The predicted molar refractivity (Wildman–Crippen MR) is 106 cm³/mol. The lowest BCUT2D eigenvalue weighted by Crippen LogP contribution is -2.26. The maximum atomic E-state index is 12.6. The monoisotopic (exact) mass is 406 g/mol. The van der Waals surface area contributed by atoms with Crippen molar-refractivity contribution in [2.24, 2.45) is 0 Å². The minimum atomic E-state index is -4.37. The number of amides is 1. The van der Waals surface area contributed by atoms with Crippen molar-refractivity contribution in [3.8, 4) is 0 Å². The number of halogens is 3. The van der Waals surface area contributed by atoms with Crippen molar-refractivity contribution in [1.82, 2.24) is 9.13 Å². The van der Waals surface area contributed by atoms with Gasteiger partial charge in [-0.15, -0.1) is 0 Å². The lowest BCUT2D eigenvalue weighted by Gasteiger charge is -2.14. The molecule has 2 aromatic carbocycles. The van der Waals surface area contributed by atoms with E-state index in [2.05, 4.69) is 10.6 Å². The van der Waals surface area contributed by atoms with Gasteiger partial charge in [0.2, 0.25) is 5.91 Å². The molecular weight excluding hydrogens is 385 g/mol. The molecule has 0 saturated carbocycles. The molecule has 0 aliphatic rings. The molecule has 0 fully saturated rings. The Morgan fingerprint density at radius 3 is 2.17 bits per heavy atom. The average Bonchev–Trinajstić information content (AvgIpc) is 2.95. The molecule has 29 heavy (non-hydrogen) atoms. The number of carbonyl (C=O) groups excluding carboxylic acids is 1. The van der Waals surface area contributed by atoms with E-state index in [9.17, 15) is 22.8 Å². The number of aryl methyl sites for hydroxylation is 2. The van der Waals surface area contributed by atoms with Gasteiger partial charge in [-0.3, -0.25) is 13.9 Å². The van der Waals surface area contributed by atoms with Gasteiger partial charge in [0.25, 0.3) is 0 Å². The first-order valence-corrected chi connectivity index (χ1v) is 9.17. The van der Waals surface area contributed by atoms with E-state index in [-0.39, 0.29) is 30.0 Å². The lowest BCUT2D eigenvalue weighted by molar-refractivity contribution is -0.116. The molecule has 1 aromatic heterocycles. The second-order valence-electron chi connectivity index (χ2n) is 6.48. The maximum absolute atomic E-state index is 12.6. The van der Waals surface area contributed by atoms with Crippen molar-refractivity contribution in [1.29, 1.82) is 0 Å². The van der Waals surface area contributed by atoms with Crippen LogP contribution >= 0.6 is 0 Å². The Morgan fingerprint density at radius 1 is 0.966 bits per heavy atom. The van der Waals surface area contributed by atoms with Crippen LogP contribution in [0.4, 0.5) is 24.5 Å². The summed E-state index contributed by atoms with van der Waals surface area (Å²) in [7, 11) is 0. The van der Waals surface area contributed by atoms with Crippen LogP contribution < -0.4 is 16.3 Å². The molecule has 6 nitrogen and oxygen atoms in total. The summed E-state index contributed by atoms with van der Waals surface area (Å²) >= 11 is 0. The van der Waals surface area contributed by atoms with E-state index >= 15 is 0 Å². The zero-order chi connectivity index (χ0) is 21.0. The quantitative estimate of drug-likeness (QED) is 0.627. The van der Waals surface area contributed by atoms with Crippen LogP contribution in [0.3, 0.4) is 0 Å². The Morgan fingerprint density at radius 2 is 1.55 bits per heavy atom. The molecule has 0 spiro atoms. The first-order valence-electron chi connectivity index (χ1n) is 9.17. The molecule has 0 bridgehead atoms. The smallest absolute Gasteiger partial charge is 0.375 e. The van der Waals surface area contributed by atoms with Gasteiger partial charge in [-0.25, -0.2) is 4.79 Å². The third-order valence-electron chi connectivity index (χ3n) is 4.48. The number of benzene rings is 2. The Bertz CT molecular complexity index is 1070. The fraction of sp³-hybridized carbons (Fsp3) is 0.300. The number of rotatable bonds is 7. The largest absolute Gasteiger partial charge is 0.405 e. The van der Waals surface area contributed by atoms with Gasteiger partial charge in [0.15, 0.2) is 0 Å². The van der Waals surface area contributed by atoms with Crippen LogP contribution in [0.15, 0.2) is 53.3 Å². The van der Waals surface area contributed by atoms with E-state index in [0.717, 1.165) is 11.0 Å². The molecule has 1 heterocycles. The Kier molecular flexibility index (Phi) is 5.95. The molecule has 154 valence electrons. The summed E-state index contributed by atoms with van der Waals surface area (Å²) in [5.74, 6) is -0.397. The molecule has 0 aliphatic heterocycles. The van der Waals surface area contributed by atoms with Crippen molar-refractivity contribution >= 4 is 28.3 Å². The fourth-order valence-corrected chi connectivity index (χ4v) is 3.16. The zero-order valence-corrected chi connectivity index (χ0v) is 15.8. The fourth-order valence-electron chi connectivity index (χ4n) is 3.16. The molecule has 2 N–H and O–H groups in total. The topological polar surface area (TPSA) is 68.1 Å². The second kappa shape index (κ2) is 8.42. The lowest BCUT2D eigenvalue weighted by atomic mass is 10.2. The van der Waals surface area contributed by atoms with Gasteiger partial charge in [-0.05, 0) is 31.2 Å². The van der Waals surface area contributed by atoms with Crippen molar-refractivity contribution < 1.29 is 18.0 Å². The van der Waals surface area contributed by atoms with E-state index in [1.165, 1.54) is 16.7 Å². The molecule has 0 unspecified atom stereocenters. The normalized spacial score (nSPS) is 11.6. The highest BCUT2D eigenvalue weighted by molar-refractivity contribution is 5.94. The van der Waals surface area contributed by atoms with Gasteiger partial charge in [0, 0.05) is 19.5 Å². The van der Waals surface area contributed by atoms with Crippen molar-refractivity contribution in [2.45, 2.75) is 32.6 Å². The summed E-state index contributed by atoms with van der Waals surface area (Å²) in [6.07, 6.45) is -4.36. The van der Waals surface area contributed by atoms with Crippen LogP contribution in [0.5, 0.6) is 0 Å². The number of nitrogens with one attached hydrogen (secondary N) is 2. The first kappa shape index (κ1) is 20.5. The summed E-state index contributed by atoms with van der Waals surface area (Å²) in [5, 5.41) is 4.89. The number of carbonyl (C=O) groups is 1. The Hall–Kier alpha value is -3.23. The van der Waals surface area contributed by atoms with Gasteiger partial charge in [-0.2, -0.15) is 13.2 Å². The highest BCUT2D eigenvalue weighted by Gasteiger charge is 2.27. The van der Waals surface area contributed by atoms with E-state index < -0.39 is 18.6 Å². The third-order valence-corrected chi connectivity index (χ3v) is 4.48. The van der Waals surface area contributed by atoms with Crippen molar-refractivity contribution in [3.63, 3.8) is 0 Å². The van der Waals surface area contributed by atoms with Crippen LogP contribution in [-0.2, 0) is 17.9 Å². The highest BCUT2D eigenvalue weighted by atomic mass is 19.4. The van der Waals surface area contributed by atoms with E-state index in [1.54, 1.807) is 16.7 Å². The number of aromatic nitrogens is 2. The molecule has 0 aliphatic carbocycles. The molecule has 9 heteroatoms. The van der Waals surface area contributed by atoms with Gasteiger partial charge in [0.05, 0.1) is 22.4 Å². The second-order valence-corrected chi connectivity index (χ2v) is 6.48. The number of nitrogens with zero attached hydrogens (tertiary/aromatic N) is 2. The summed E-state index contributed by atoms with van der Waals surface area (Å²) in [5.41, 5.74) is 1.76. The minimum Gasteiger partial charge on any atom is -0.375 e. The summed E-state index contributed by atoms with van der Waals surface area (Å²) < 4.78 is 40.5. The predicted octanol–water partition coefficient (Wildman–Crippen LogP) is 3.83. The van der Waals surface area contributed by atoms with Crippen molar-refractivity contribution in [3.05, 3.63) is 59.0 Å². The molecular formula is C20H21F3N4O2. The minimum absolute atomic E-state index is 0.00519. The van der Waals surface area contributed by atoms with E-state index in [4.69, 9.17) is 0 Å². The number of fused-ring (bicyclic) bond motifs is 1. The van der Waals surface area contributed by atoms with Gasteiger partial charge in [0.1, 0.15) is 6.54 Å². The first-order chi connectivity index (χ1) is 13.8. The highest BCUT2D eigenvalue weighted by Crippen LogP contribution is 2.24. The van der Waals surface area contributed by atoms with Crippen LogP contribution in [-0.4, -0.2) is 27.8 Å². The number of para-hydroxylation sites is 4. The molecule has 0 saturated heterocycles. The SMILES string of the molecule is CCn1c(=O)n(CCC(=O)Nc2ccccc2NCC(F)(F)F)c2ccccc21. The van der Waals surface area contributed by atoms with Crippen LogP contribution in [0, 0.1) is 0 Å². The summed E-state index contributed by atoms with van der Waals surface area (Å²) in [6, 6.07) is 13.5. The van der Waals surface area contributed by atoms with Gasteiger partial charge < -0.3 is 10.6 Å². The van der Waals surface area contributed by atoms with Crippen LogP contribution in [0.2, 0.25) is 0 Å². The van der Waals surface area contributed by atoms with Gasteiger partial charge >= 0.3 is 11.9 Å². The number of imidazole rings is 1. The zero-order valence-electron chi connectivity index (χ0n) is 15.8. The van der Waals surface area contributed by atoms with E-state index in [1.807, 2.05) is 31.2 Å². The molecule has 3 rings (SSSR count). The molecule has 0 radical (unpaired) electrons. The van der Waals surface area contributed by atoms with Crippen molar-refractivity contribution in [2.75, 3.05) is 17.2 Å². The summed E-state index contributed by atoms with van der Waals surface area (Å²) in [6.45, 7) is 1.34. The third kappa shape index (κ3) is 4.79.